The summed E-state index contributed by atoms with van der Waals surface area (Å²) in [7, 11) is 1.23. The Hall–Kier alpha value is -2.89. The monoisotopic (exact) mass is 344 g/mol. The SMILES string of the molecule is CCC(C)(NC(=O)Nc1cc(C(=O)OC)ccc1F)c1ccccc1. The largest absolute Gasteiger partial charge is 0.465 e. The molecule has 2 aromatic rings. The van der Waals surface area contributed by atoms with Crippen molar-refractivity contribution < 1.29 is 18.7 Å². The highest BCUT2D eigenvalue weighted by Crippen LogP contribution is 2.24. The molecule has 132 valence electrons. The maximum atomic E-state index is 13.9. The molecule has 0 fully saturated rings. The Morgan fingerprint density at radius 1 is 1.16 bits per heavy atom. The minimum atomic E-state index is -0.638. The molecule has 25 heavy (non-hydrogen) atoms. The van der Waals surface area contributed by atoms with Gasteiger partial charge in [0.15, 0.2) is 0 Å². The van der Waals surface area contributed by atoms with Crippen LogP contribution in [-0.4, -0.2) is 19.1 Å². The van der Waals surface area contributed by atoms with Crippen molar-refractivity contribution in [3.8, 4) is 0 Å². The summed E-state index contributed by atoms with van der Waals surface area (Å²) in [5.74, 6) is -1.24. The van der Waals surface area contributed by atoms with Crippen LogP contribution in [0.25, 0.3) is 0 Å². The van der Waals surface area contributed by atoms with E-state index in [9.17, 15) is 14.0 Å². The zero-order chi connectivity index (χ0) is 18.4. The summed E-state index contributed by atoms with van der Waals surface area (Å²) >= 11 is 0. The number of benzene rings is 2. The van der Waals surface area contributed by atoms with Crippen LogP contribution in [0.15, 0.2) is 48.5 Å². The first-order valence-electron chi connectivity index (χ1n) is 7.92. The van der Waals surface area contributed by atoms with Gasteiger partial charge < -0.3 is 15.4 Å². The van der Waals surface area contributed by atoms with Gasteiger partial charge in [0.25, 0.3) is 0 Å². The van der Waals surface area contributed by atoms with Crippen LogP contribution in [0.2, 0.25) is 0 Å². The molecule has 0 aliphatic rings. The van der Waals surface area contributed by atoms with Gasteiger partial charge in [0.2, 0.25) is 0 Å². The minimum Gasteiger partial charge on any atom is -0.465 e. The van der Waals surface area contributed by atoms with E-state index >= 15 is 0 Å². The van der Waals surface area contributed by atoms with Crippen molar-refractivity contribution in [3.63, 3.8) is 0 Å². The molecule has 0 radical (unpaired) electrons. The van der Waals surface area contributed by atoms with Gasteiger partial charge in [-0.25, -0.2) is 14.0 Å². The number of anilines is 1. The van der Waals surface area contributed by atoms with Crippen LogP contribution in [0.5, 0.6) is 0 Å². The van der Waals surface area contributed by atoms with Crippen molar-refractivity contribution in [2.24, 2.45) is 0 Å². The summed E-state index contributed by atoms with van der Waals surface area (Å²) < 4.78 is 18.5. The van der Waals surface area contributed by atoms with Gasteiger partial charge in [0, 0.05) is 0 Å². The summed E-state index contributed by atoms with van der Waals surface area (Å²) in [5, 5.41) is 5.32. The molecule has 1 atom stereocenters. The van der Waals surface area contributed by atoms with Crippen molar-refractivity contribution >= 4 is 17.7 Å². The maximum Gasteiger partial charge on any atom is 0.337 e. The van der Waals surface area contributed by atoms with Crippen LogP contribution < -0.4 is 10.6 Å². The predicted molar refractivity (Wildman–Crippen MR) is 94.0 cm³/mol. The Balaban J connectivity index is 2.18. The van der Waals surface area contributed by atoms with Crippen molar-refractivity contribution in [1.82, 2.24) is 5.32 Å². The molecule has 2 rings (SSSR count). The van der Waals surface area contributed by atoms with Crippen molar-refractivity contribution in [2.75, 3.05) is 12.4 Å². The van der Waals surface area contributed by atoms with Gasteiger partial charge >= 0.3 is 12.0 Å². The number of carbonyl (C=O) groups is 2. The van der Waals surface area contributed by atoms with Gasteiger partial charge in [-0.2, -0.15) is 0 Å². The lowest BCUT2D eigenvalue weighted by molar-refractivity contribution is 0.0600. The van der Waals surface area contributed by atoms with Gasteiger partial charge in [0.1, 0.15) is 5.82 Å². The molecular formula is C19H21FN2O3. The second kappa shape index (κ2) is 7.79. The molecule has 0 bridgehead atoms. The van der Waals surface area contributed by atoms with E-state index in [0.717, 1.165) is 11.6 Å². The predicted octanol–water partition coefficient (Wildman–Crippen LogP) is 4.06. The first-order valence-corrected chi connectivity index (χ1v) is 7.92. The lowest BCUT2D eigenvalue weighted by Gasteiger charge is -2.30. The molecule has 2 N–H and O–H groups in total. The number of methoxy groups -OCH3 is 1. The normalized spacial score (nSPS) is 12.8. The number of rotatable bonds is 5. The third kappa shape index (κ3) is 4.35. The molecule has 2 amide bonds. The van der Waals surface area contributed by atoms with E-state index in [4.69, 9.17) is 0 Å². The van der Waals surface area contributed by atoms with Gasteiger partial charge in [-0.05, 0) is 37.1 Å². The fourth-order valence-electron chi connectivity index (χ4n) is 2.44. The fraction of sp³-hybridized carbons (Fsp3) is 0.263. The van der Waals surface area contributed by atoms with E-state index in [-0.39, 0.29) is 11.3 Å². The Kier molecular flexibility index (Phi) is 5.75. The molecule has 0 saturated carbocycles. The lowest BCUT2D eigenvalue weighted by Crippen LogP contribution is -2.45. The van der Waals surface area contributed by atoms with Crippen molar-refractivity contribution in [3.05, 3.63) is 65.5 Å². The molecule has 0 aliphatic heterocycles. The van der Waals surface area contributed by atoms with E-state index in [1.54, 1.807) is 0 Å². The van der Waals surface area contributed by atoms with Crippen LogP contribution in [0, 0.1) is 5.82 Å². The van der Waals surface area contributed by atoms with Gasteiger partial charge in [-0.1, -0.05) is 37.3 Å². The summed E-state index contributed by atoms with van der Waals surface area (Å²) in [5.41, 5.74) is 0.394. The van der Waals surface area contributed by atoms with Crippen LogP contribution in [0.4, 0.5) is 14.9 Å². The topological polar surface area (TPSA) is 67.4 Å². The average molecular weight is 344 g/mol. The third-order valence-electron chi connectivity index (χ3n) is 4.14. The van der Waals surface area contributed by atoms with E-state index < -0.39 is 23.4 Å². The molecule has 5 nitrogen and oxygen atoms in total. The minimum absolute atomic E-state index is 0.0908. The highest BCUT2D eigenvalue weighted by atomic mass is 19.1. The molecule has 6 heteroatoms. The number of urea groups is 1. The Bertz CT molecular complexity index is 765. The zero-order valence-electron chi connectivity index (χ0n) is 14.4. The number of halogens is 1. The summed E-state index contributed by atoms with van der Waals surface area (Å²) in [4.78, 5) is 23.9. The van der Waals surface area contributed by atoms with E-state index in [0.29, 0.717) is 6.42 Å². The zero-order valence-corrected chi connectivity index (χ0v) is 14.4. The summed E-state index contributed by atoms with van der Waals surface area (Å²) in [6, 6.07) is 12.6. The Labute approximate surface area is 146 Å². The van der Waals surface area contributed by atoms with Crippen LogP contribution in [0.1, 0.15) is 36.2 Å². The number of amides is 2. The highest BCUT2D eigenvalue weighted by Gasteiger charge is 2.26. The molecule has 0 heterocycles. The first-order chi connectivity index (χ1) is 11.9. The molecule has 2 aromatic carbocycles. The Morgan fingerprint density at radius 3 is 2.44 bits per heavy atom. The van der Waals surface area contributed by atoms with Gasteiger partial charge in [-0.3, -0.25) is 0 Å². The highest BCUT2D eigenvalue weighted by molar-refractivity contribution is 5.94. The molecule has 0 spiro atoms. The number of carbonyl (C=O) groups excluding carboxylic acids is 2. The Morgan fingerprint density at radius 2 is 1.84 bits per heavy atom. The number of hydrogen-bond acceptors (Lipinski definition) is 3. The van der Waals surface area contributed by atoms with Crippen LogP contribution >= 0.6 is 0 Å². The molecule has 0 aromatic heterocycles. The second-order valence-electron chi connectivity index (χ2n) is 5.82. The molecular weight excluding hydrogens is 323 g/mol. The summed E-state index contributed by atoms with van der Waals surface area (Å²) in [6.07, 6.45) is 0.648. The maximum absolute atomic E-state index is 13.9. The number of ether oxygens (including phenoxy) is 1. The molecule has 0 saturated heterocycles. The first kappa shape index (κ1) is 18.4. The van der Waals surface area contributed by atoms with Crippen molar-refractivity contribution in [2.45, 2.75) is 25.8 Å². The van der Waals surface area contributed by atoms with E-state index in [1.807, 2.05) is 44.2 Å². The molecule has 1 unspecified atom stereocenters. The fourth-order valence-corrected chi connectivity index (χ4v) is 2.44. The number of nitrogens with one attached hydrogen (secondary N) is 2. The third-order valence-corrected chi connectivity index (χ3v) is 4.14. The van der Waals surface area contributed by atoms with Crippen LogP contribution in [-0.2, 0) is 10.3 Å². The van der Waals surface area contributed by atoms with E-state index in [2.05, 4.69) is 15.4 Å². The second-order valence-corrected chi connectivity index (χ2v) is 5.82. The molecule has 0 aliphatic carbocycles. The summed E-state index contributed by atoms with van der Waals surface area (Å²) in [6.45, 7) is 3.84. The van der Waals surface area contributed by atoms with Crippen LogP contribution in [0.3, 0.4) is 0 Å². The van der Waals surface area contributed by atoms with Crippen molar-refractivity contribution in [1.29, 1.82) is 0 Å². The average Bonchev–Trinajstić information content (AvgIpc) is 2.63. The lowest BCUT2D eigenvalue weighted by atomic mass is 9.89. The standard InChI is InChI=1S/C19H21FN2O3/c1-4-19(2,14-8-6-5-7-9-14)22-18(24)21-16-12-13(17(23)25-3)10-11-15(16)20/h5-12H,4H2,1-3H3,(H2,21,22,24). The quantitative estimate of drug-likeness (QED) is 0.804. The number of hydrogen-bond donors (Lipinski definition) is 2. The number of esters is 1. The van der Waals surface area contributed by atoms with E-state index in [1.165, 1.54) is 19.2 Å². The smallest absolute Gasteiger partial charge is 0.337 e. The van der Waals surface area contributed by atoms with Gasteiger partial charge in [-0.15, -0.1) is 0 Å². The van der Waals surface area contributed by atoms with Gasteiger partial charge in [0.05, 0.1) is 23.9 Å².